The van der Waals surface area contributed by atoms with Crippen molar-refractivity contribution in [1.82, 2.24) is 30.2 Å². The van der Waals surface area contributed by atoms with Crippen molar-refractivity contribution < 1.29 is 70.9 Å². The van der Waals surface area contributed by atoms with Crippen molar-refractivity contribution >= 4 is 54.0 Å². The van der Waals surface area contributed by atoms with Gasteiger partial charge in [0.15, 0.2) is 0 Å². The van der Waals surface area contributed by atoms with Crippen molar-refractivity contribution in [3.05, 3.63) is 122 Å². The SMILES string of the molecule is Cn1cc(C(=O)NCc2cccc(CO)c2)c(C(F)F)n1.Cn1cc(C(=O)NCc2cccc(CON=C(C#N)C#N)c2)c(C(F)F)n1.O=S(Cl)Cl.[C-]#[N+]/C(C#N)=N/[O-].[Na+]. The Hall–Kier alpha value is -5.89. The smallest absolute Gasteiger partial charge is 0.691 e. The van der Waals surface area contributed by atoms with Crippen molar-refractivity contribution in [1.29, 1.82) is 15.8 Å². The molecule has 4 aromatic rings. The number of nitrogens with one attached hydrogen (secondary N) is 2. The van der Waals surface area contributed by atoms with Gasteiger partial charge in [0.05, 0.1) is 17.7 Å². The number of amidine groups is 1. The molecule has 0 aliphatic rings. The van der Waals surface area contributed by atoms with Crippen LogP contribution < -0.4 is 40.2 Å². The summed E-state index contributed by atoms with van der Waals surface area (Å²) >= 11 is 0. The Bertz CT molecular complexity index is 2270. The summed E-state index contributed by atoms with van der Waals surface area (Å²) in [5.41, 5.74) is 1.08. The number of aryl methyl sites for hydroxylation is 2. The maximum atomic E-state index is 12.9. The second-order valence-electron chi connectivity index (χ2n) is 10.7. The molecule has 26 heteroatoms. The number of nitrogens with zero attached hydrogens (tertiary/aromatic N) is 10. The molecule has 0 radical (unpaired) electrons. The van der Waals surface area contributed by atoms with Crippen LogP contribution in [-0.4, -0.2) is 52.2 Å². The molecule has 60 heavy (non-hydrogen) atoms. The first-order chi connectivity index (χ1) is 28.0. The first-order valence-electron chi connectivity index (χ1n) is 15.7. The van der Waals surface area contributed by atoms with Crippen LogP contribution in [0.3, 0.4) is 0 Å². The van der Waals surface area contributed by atoms with Gasteiger partial charge in [0.2, 0.25) is 9.23 Å². The summed E-state index contributed by atoms with van der Waals surface area (Å²) in [6.07, 6.45) is -3.15. The molecule has 0 atom stereocenters. The molecular formula is C34H29Cl2F4N12NaO6S. The molecule has 2 heterocycles. The van der Waals surface area contributed by atoms with Gasteiger partial charge in [0.25, 0.3) is 30.4 Å². The van der Waals surface area contributed by atoms with Crippen LogP contribution in [0, 0.1) is 45.8 Å². The van der Waals surface area contributed by atoms with Crippen LogP contribution >= 0.6 is 21.4 Å². The van der Waals surface area contributed by atoms with E-state index in [-0.39, 0.29) is 67.0 Å². The Morgan fingerprint density at radius 3 is 1.67 bits per heavy atom. The molecule has 3 N–H and O–H groups in total. The summed E-state index contributed by atoms with van der Waals surface area (Å²) in [7, 11) is 10.3. The number of aliphatic hydroxyl groups is 1. The number of aromatic nitrogens is 4. The quantitative estimate of drug-likeness (QED) is 0.0354. The molecule has 310 valence electrons. The summed E-state index contributed by atoms with van der Waals surface area (Å²) in [5, 5.41) is 60.9. The molecule has 2 aromatic heterocycles. The molecule has 18 nitrogen and oxygen atoms in total. The monoisotopic (exact) mass is 902 g/mol. The van der Waals surface area contributed by atoms with Crippen LogP contribution in [0.25, 0.3) is 4.85 Å². The summed E-state index contributed by atoms with van der Waals surface area (Å²) in [6.45, 7) is 6.25. The average molecular weight is 904 g/mol. The van der Waals surface area contributed by atoms with Gasteiger partial charge in [-0.3, -0.25) is 19.0 Å². The Kier molecular flexibility index (Phi) is 26.5. The number of rotatable bonds is 12. The number of benzene rings is 2. The zero-order valence-corrected chi connectivity index (χ0v) is 35.7. The molecule has 2 amide bonds. The van der Waals surface area contributed by atoms with Crippen LogP contribution in [-0.2, 0) is 54.5 Å². The van der Waals surface area contributed by atoms with Gasteiger partial charge in [-0.15, -0.1) is 5.16 Å². The van der Waals surface area contributed by atoms with Crippen LogP contribution in [0.5, 0.6) is 0 Å². The second-order valence-corrected chi connectivity index (χ2v) is 13.3. The van der Waals surface area contributed by atoms with E-state index in [1.807, 2.05) is 0 Å². The summed E-state index contributed by atoms with van der Waals surface area (Å²) in [5.74, 6) is -1.91. The number of aliphatic hydroxyl groups excluding tert-OH is 1. The third-order valence-corrected chi connectivity index (χ3v) is 6.58. The molecule has 0 aliphatic heterocycles. The van der Waals surface area contributed by atoms with Crippen molar-refractivity contribution in [2.75, 3.05) is 0 Å². The zero-order valence-electron chi connectivity index (χ0n) is 31.4. The van der Waals surface area contributed by atoms with E-state index in [4.69, 9.17) is 36.5 Å². The molecule has 0 fully saturated rings. The molecule has 0 unspecified atom stereocenters. The predicted octanol–water partition coefficient (Wildman–Crippen LogP) is 2.36. The summed E-state index contributed by atoms with van der Waals surface area (Å²) in [6, 6.07) is 18.3. The molecule has 0 aliphatic carbocycles. The third-order valence-electron chi connectivity index (χ3n) is 6.58. The number of carbonyl (C=O) groups excluding carboxylic acids is 2. The number of hydrogen-bond donors (Lipinski definition) is 3. The van der Waals surface area contributed by atoms with E-state index >= 15 is 0 Å². The number of oxime groups is 1. The summed E-state index contributed by atoms with van der Waals surface area (Å²) in [4.78, 5) is 31.5. The van der Waals surface area contributed by atoms with Gasteiger partial charge in [-0.05, 0) is 22.3 Å². The Labute approximate surface area is 372 Å². The van der Waals surface area contributed by atoms with Crippen LogP contribution in [0.15, 0.2) is 71.2 Å². The van der Waals surface area contributed by atoms with Gasteiger partial charge in [0.1, 0.15) is 36.2 Å². The van der Waals surface area contributed by atoms with Gasteiger partial charge < -0.3 is 30.6 Å². The van der Waals surface area contributed by atoms with E-state index < -0.39 is 56.8 Å². The van der Waals surface area contributed by atoms with Crippen LogP contribution in [0.2, 0.25) is 0 Å². The van der Waals surface area contributed by atoms with Crippen molar-refractivity contribution in [2.45, 2.75) is 39.2 Å². The molecule has 4 rings (SSSR count). The largest absolute Gasteiger partial charge is 1.00 e. The van der Waals surface area contributed by atoms with E-state index in [0.717, 1.165) is 15.8 Å². The van der Waals surface area contributed by atoms with Gasteiger partial charge in [-0.2, -0.15) is 20.7 Å². The number of nitriles is 3. The van der Waals surface area contributed by atoms with Crippen molar-refractivity contribution in [2.24, 2.45) is 24.4 Å². The van der Waals surface area contributed by atoms with Crippen LogP contribution in [0.4, 0.5) is 17.6 Å². The van der Waals surface area contributed by atoms with Gasteiger partial charge in [-0.25, -0.2) is 27.0 Å². The fourth-order valence-corrected chi connectivity index (χ4v) is 4.21. The van der Waals surface area contributed by atoms with Crippen molar-refractivity contribution in [3.8, 4) is 18.2 Å². The first kappa shape index (κ1) is 54.1. The standard InChI is InChI=1S/C17H14F2N6O2.C14H15F2N3O2.C3HN3O.Cl2OS.Na/c1-25-9-14(15(23-25)16(18)19)17(26)22-8-11-3-2-4-12(5-11)10-27-24-13(6-20)7-21;1-19-7-11(12(18-19)13(15)16)14(21)17-6-9-3-2-4-10(5-9)8-20;1-5-3(2-4)6-7;1-4(2)3;/h2-5,9,16H,8,10H2,1H3,(H,22,26);2-5,7,13,20H,6,8H2,1H3,(H,17,21);7H;;/q;;;;+1/p-1/b;;6-3+;;. The fraction of sp³-hybridized carbons (Fsp3) is 0.235. The molecule has 0 saturated carbocycles. The molecule has 0 spiro atoms. The maximum Gasteiger partial charge on any atom is 1.00 e. The topological polar surface area (TPSA) is 264 Å². The number of halogens is 6. The van der Waals surface area contributed by atoms with E-state index in [1.54, 1.807) is 60.7 Å². The van der Waals surface area contributed by atoms with E-state index in [9.17, 15) is 32.4 Å². The molecule has 2 aromatic carbocycles. The fourth-order valence-electron chi connectivity index (χ4n) is 4.21. The Morgan fingerprint density at radius 2 is 1.32 bits per heavy atom. The van der Waals surface area contributed by atoms with E-state index in [2.05, 4.69) is 57.4 Å². The van der Waals surface area contributed by atoms with Gasteiger partial charge >= 0.3 is 35.4 Å². The number of alkyl halides is 4. The predicted molar refractivity (Wildman–Crippen MR) is 204 cm³/mol. The summed E-state index contributed by atoms with van der Waals surface area (Å²) < 4.78 is 62.8. The van der Waals surface area contributed by atoms with E-state index in [0.29, 0.717) is 11.1 Å². The van der Waals surface area contributed by atoms with E-state index in [1.165, 1.54) is 37.2 Å². The molecular weight excluding hydrogens is 874 g/mol. The van der Waals surface area contributed by atoms with Gasteiger partial charge in [-0.1, -0.05) is 60.3 Å². The Morgan fingerprint density at radius 1 is 0.900 bits per heavy atom. The van der Waals surface area contributed by atoms with Gasteiger partial charge in [0, 0.05) is 60.9 Å². The Balaban J connectivity index is 0.000000932. The minimum absolute atomic E-state index is 0. The average Bonchev–Trinajstić information content (AvgIpc) is 3.82. The third kappa shape index (κ3) is 20.2. The van der Waals surface area contributed by atoms with Crippen LogP contribution in [0.1, 0.15) is 67.2 Å². The number of hydrogen-bond acceptors (Lipinski definition) is 13. The number of amides is 2. The maximum absolute atomic E-state index is 12.9. The zero-order chi connectivity index (χ0) is 44.5. The molecule has 0 saturated heterocycles. The second kappa shape index (κ2) is 29.3. The molecule has 0 bridgehead atoms. The minimum atomic E-state index is -2.85. The minimum Gasteiger partial charge on any atom is -0.691 e. The number of carbonyl (C=O) groups is 2. The van der Waals surface area contributed by atoms with Crippen molar-refractivity contribution in [3.63, 3.8) is 0 Å². The normalized spacial score (nSPS) is 9.97. The first-order valence-corrected chi connectivity index (χ1v) is 18.5.